The number of piperidine rings is 2. The molecule has 0 radical (unpaired) electrons. The van der Waals surface area contributed by atoms with Gasteiger partial charge in [-0.3, -0.25) is 4.79 Å². The molecule has 3 aliphatic rings. The van der Waals surface area contributed by atoms with Gasteiger partial charge in [0.2, 0.25) is 5.91 Å². The van der Waals surface area contributed by atoms with Crippen LogP contribution in [0.15, 0.2) is 0 Å². The third-order valence-electron chi connectivity index (χ3n) is 6.22. The number of carbonyl (C=O) groups excluding carboxylic acids is 1. The number of hydrogen-bond acceptors (Lipinski definition) is 2. The molecule has 2 saturated heterocycles. The molecule has 2 heterocycles. The highest BCUT2D eigenvalue weighted by molar-refractivity contribution is 5.82. The van der Waals surface area contributed by atoms with E-state index in [0.29, 0.717) is 22.7 Å². The molecule has 0 aromatic carbocycles. The molecular formula is C16H28N2O. The lowest BCUT2D eigenvalue weighted by Gasteiger charge is -2.39. The lowest BCUT2D eigenvalue weighted by molar-refractivity contribution is -0.135. The van der Waals surface area contributed by atoms with Gasteiger partial charge >= 0.3 is 0 Å². The number of likely N-dealkylation sites (tertiary alicyclic amines) is 1. The Kier molecular flexibility index (Phi) is 3.36. The van der Waals surface area contributed by atoms with Gasteiger partial charge in [0.25, 0.3) is 0 Å². The number of rotatable bonds is 2. The van der Waals surface area contributed by atoms with Gasteiger partial charge < -0.3 is 10.2 Å². The summed E-state index contributed by atoms with van der Waals surface area (Å²) in [5, 5.41) is 3.41. The second-order valence-corrected chi connectivity index (χ2v) is 7.36. The van der Waals surface area contributed by atoms with Crippen LogP contribution >= 0.6 is 0 Å². The number of nitrogens with zero attached hydrogens (tertiary/aromatic N) is 1. The highest BCUT2D eigenvalue weighted by Crippen LogP contribution is 2.59. The van der Waals surface area contributed by atoms with Crippen molar-refractivity contribution in [3.8, 4) is 0 Å². The van der Waals surface area contributed by atoms with Crippen LogP contribution in [-0.4, -0.2) is 37.0 Å². The monoisotopic (exact) mass is 264 g/mol. The summed E-state index contributed by atoms with van der Waals surface area (Å²) in [5.41, 5.74) is 0.876. The SMILES string of the molecule is CCC1(C)CCN(C(=O)C2CC23CCNCC3)CC1. The zero-order valence-electron chi connectivity index (χ0n) is 12.5. The smallest absolute Gasteiger partial charge is 0.226 e. The van der Waals surface area contributed by atoms with E-state index in [0.717, 1.165) is 32.6 Å². The number of hydrogen-bond donors (Lipinski definition) is 1. The molecule has 3 rings (SSSR count). The van der Waals surface area contributed by atoms with Crippen LogP contribution in [0, 0.1) is 16.7 Å². The van der Waals surface area contributed by atoms with Crippen molar-refractivity contribution in [1.29, 1.82) is 0 Å². The average Bonchev–Trinajstić information content (AvgIpc) is 3.13. The van der Waals surface area contributed by atoms with Crippen LogP contribution in [-0.2, 0) is 4.79 Å². The number of carbonyl (C=O) groups is 1. The van der Waals surface area contributed by atoms with Crippen molar-refractivity contribution in [1.82, 2.24) is 10.2 Å². The molecule has 1 amide bonds. The van der Waals surface area contributed by atoms with Gasteiger partial charge in [0.1, 0.15) is 0 Å². The second kappa shape index (κ2) is 4.76. The molecule has 0 aromatic rings. The van der Waals surface area contributed by atoms with Crippen molar-refractivity contribution in [2.24, 2.45) is 16.7 Å². The zero-order chi connectivity index (χ0) is 13.5. The molecule has 0 bridgehead atoms. The Morgan fingerprint density at radius 2 is 1.84 bits per heavy atom. The maximum absolute atomic E-state index is 12.6. The summed E-state index contributed by atoms with van der Waals surface area (Å²) >= 11 is 0. The molecule has 1 aliphatic carbocycles. The molecule has 2 aliphatic heterocycles. The van der Waals surface area contributed by atoms with E-state index in [9.17, 15) is 4.79 Å². The van der Waals surface area contributed by atoms with Gasteiger partial charge in [0.05, 0.1) is 0 Å². The first-order valence-electron chi connectivity index (χ1n) is 8.08. The van der Waals surface area contributed by atoms with Crippen LogP contribution in [0.2, 0.25) is 0 Å². The highest BCUT2D eigenvalue weighted by atomic mass is 16.2. The molecule has 1 unspecified atom stereocenters. The molecule has 1 spiro atoms. The van der Waals surface area contributed by atoms with Crippen molar-refractivity contribution in [2.45, 2.75) is 52.4 Å². The maximum Gasteiger partial charge on any atom is 0.226 e. The third-order valence-corrected chi connectivity index (χ3v) is 6.22. The molecule has 0 aromatic heterocycles. The Balaban J connectivity index is 1.55. The van der Waals surface area contributed by atoms with Crippen LogP contribution in [0.1, 0.15) is 52.4 Å². The summed E-state index contributed by atoms with van der Waals surface area (Å²) in [6.45, 7) is 8.86. The Bertz CT molecular complexity index is 352. The summed E-state index contributed by atoms with van der Waals surface area (Å²) in [6, 6.07) is 0. The molecular weight excluding hydrogens is 236 g/mol. The molecule has 3 nitrogen and oxygen atoms in total. The maximum atomic E-state index is 12.6. The van der Waals surface area contributed by atoms with Gasteiger partial charge in [0, 0.05) is 19.0 Å². The molecule has 1 atom stereocenters. The van der Waals surface area contributed by atoms with Crippen molar-refractivity contribution in [3.63, 3.8) is 0 Å². The summed E-state index contributed by atoms with van der Waals surface area (Å²) in [4.78, 5) is 14.8. The lowest BCUT2D eigenvalue weighted by atomic mass is 9.78. The fraction of sp³-hybridized carbons (Fsp3) is 0.938. The minimum Gasteiger partial charge on any atom is -0.342 e. The van der Waals surface area contributed by atoms with Gasteiger partial charge in [-0.2, -0.15) is 0 Å². The fourth-order valence-electron chi connectivity index (χ4n) is 4.01. The van der Waals surface area contributed by atoms with E-state index >= 15 is 0 Å². The van der Waals surface area contributed by atoms with Gasteiger partial charge in [-0.1, -0.05) is 20.3 Å². The number of nitrogens with one attached hydrogen (secondary N) is 1. The van der Waals surface area contributed by atoms with E-state index in [2.05, 4.69) is 24.1 Å². The molecule has 108 valence electrons. The molecule has 3 heteroatoms. The number of amides is 1. The Labute approximate surface area is 117 Å². The predicted molar refractivity (Wildman–Crippen MR) is 76.9 cm³/mol. The minimum atomic E-state index is 0.362. The summed E-state index contributed by atoms with van der Waals surface area (Å²) in [7, 11) is 0. The van der Waals surface area contributed by atoms with Crippen LogP contribution < -0.4 is 5.32 Å². The van der Waals surface area contributed by atoms with Gasteiger partial charge in [0.15, 0.2) is 0 Å². The molecule has 19 heavy (non-hydrogen) atoms. The van der Waals surface area contributed by atoms with Crippen molar-refractivity contribution >= 4 is 5.91 Å². The van der Waals surface area contributed by atoms with Crippen LogP contribution in [0.4, 0.5) is 0 Å². The first-order valence-corrected chi connectivity index (χ1v) is 8.08. The van der Waals surface area contributed by atoms with E-state index in [1.807, 2.05) is 0 Å². The standard InChI is InChI=1S/C16H28N2O/c1-3-15(2)6-10-18(11-7-15)14(19)13-12-16(13)4-8-17-9-5-16/h13,17H,3-12H2,1-2H3. The first-order chi connectivity index (χ1) is 9.09. The first kappa shape index (κ1) is 13.4. The zero-order valence-corrected chi connectivity index (χ0v) is 12.5. The van der Waals surface area contributed by atoms with E-state index in [4.69, 9.17) is 0 Å². The summed E-state index contributed by atoms with van der Waals surface area (Å²) < 4.78 is 0. The fourth-order valence-corrected chi connectivity index (χ4v) is 4.01. The largest absolute Gasteiger partial charge is 0.342 e. The Hall–Kier alpha value is -0.570. The quantitative estimate of drug-likeness (QED) is 0.830. The third kappa shape index (κ3) is 2.42. The lowest BCUT2D eigenvalue weighted by Crippen LogP contribution is -2.43. The van der Waals surface area contributed by atoms with Crippen molar-refractivity contribution in [3.05, 3.63) is 0 Å². The molecule has 3 fully saturated rings. The van der Waals surface area contributed by atoms with Crippen LogP contribution in [0.5, 0.6) is 0 Å². The normalized spacial score (nSPS) is 32.3. The van der Waals surface area contributed by atoms with Gasteiger partial charge in [-0.15, -0.1) is 0 Å². The van der Waals surface area contributed by atoms with E-state index < -0.39 is 0 Å². The van der Waals surface area contributed by atoms with Crippen LogP contribution in [0.25, 0.3) is 0 Å². The Morgan fingerprint density at radius 3 is 2.42 bits per heavy atom. The summed E-state index contributed by atoms with van der Waals surface area (Å²) in [5.74, 6) is 0.834. The highest BCUT2D eigenvalue weighted by Gasteiger charge is 2.58. The minimum absolute atomic E-state index is 0.362. The van der Waals surface area contributed by atoms with E-state index in [1.165, 1.54) is 32.1 Å². The van der Waals surface area contributed by atoms with Crippen molar-refractivity contribution < 1.29 is 4.79 Å². The molecule has 1 saturated carbocycles. The van der Waals surface area contributed by atoms with Gasteiger partial charge in [-0.25, -0.2) is 0 Å². The topological polar surface area (TPSA) is 32.3 Å². The van der Waals surface area contributed by atoms with E-state index in [-0.39, 0.29) is 0 Å². The van der Waals surface area contributed by atoms with E-state index in [1.54, 1.807) is 0 Å². The Morgan fingerprint density at radius 1 is 1.21 bits per heavy atom. The van der Waals surface area contributed by atoms with Crippen LogP contribution in [0.3, 0.4) is 0 Å². The molecule has 1 N–H and O–H groups in total. The average molecular weight is 264 g/mol. The summed E-state index contributed by atoms with van der Waals surface area (Å²) in [6.07, 6.45) is 7.21. The van der Waals surface area contributed by atoms with Gasteiger partial charge in [-0.05, 0) is 56.0 Å². The van der Waals surface area contributed by atoms with Crippen molar-refractivity contribution in [2.75, 3.05) is 26.2 Å². The second-order valence-electron chi connectivity index (χ2n) is 7.36. The predicted octanol–water partition coefficient (Wildman–Crippen LogP) is 2.41.